The lowest BCUT2D eigenvalue weighted by atomic mass is 10.2. The number of aromatic nitrogens is 3. The van der Waals surface area contributed by atoms with Crippen molar-refractivity contribution in [2.24, 2.45) is 0 Å². The molecular formula is C11H9N5O2. The van der Waals surface area contributed by atoms with E-state index in [0.29, 0.717) is 16.9 Å². The van der Waals surface area contributed by atoms with Crippen molar-refractivity contribution in [3.8, 4) is 0 Å². The van der Waals surface area contributed by atoms with Crippen LogP contribution < -0.4 is 5.73 Å². The number of H-pyrrole nitrogens is 1. The Labute approximate surface area is 102 Å². The number of hydrogen-bond donors (Lipinski definition) is 2. The molecule has 3 heterocycles. The number of fused-ring (bicyclic) bond motifs is 1. The molecule has 1 aliphatic heterocycles. The van der Waals surface area contributed by atoms with Crippen molar-refractivity contribution in [3.05, 3.63) is 41.3 Å². The second-order valence-electron chi connectivity index (χ2n) is 3.90. The van der Waals surface area contributed by atoms with Crippen molar-refractivity contribution in [2.75, 3.05) is 5.73 Å². The van der Waals surface area contributed by atoms with Crippen LogP contribution in [0.1, 0.15) is 26.4 Å². The van der Waals surface area contributed by atoms with Crippen LogP contribution in [0.15, 0.2) is 24.5 Å². The van der Waals surface area contributed by atoms with E-state index in [1.165, 1.54) is 12.4 Å². The van der Waals surface area contributed by atoms with Gasteiger partial charge in [0.15, 0.2) is 0 Å². The minimum absolute atomic E-state index is 0.0936. The van der Waals surface area contributed by atoms with Gasteiger partial charge in [0.2, 0.25) is 0 Å². The summed E-state index contributed by atoms with van der Waals surface area (Å²) in [6.45, 7) is 0.0936. The normalized spacial score (nSPS) is 14.1. The molecule has 0 radical (unpaired) electrons. The molecule has 2 aromatic heterocycles. The molecule has 3 rings (SSSR count). The van der Waals surface area contributed by atoms with Gasteiger partial charge in [-0.15, -0.1) is 0 Å². The number of imide groups is 1. The average Bonchev–Trinajstić information content (AvgIpc) is 2.89. The van der Waals surface area contributed by atoms with Gasteiger partial charge in [-0.1, -0.05) is 0 Å². The van der Waals surface area contributed by atoms with Crippen LogP contribution in [-0.4, -0.2) is 31.9 Å². The largest absolute Gasteiger partial charge is 0.384 e. The molecule has 7 heteroatoms. The smallest absolute Gasteiger partial charge is 0.280 e. The molecule has 0 bridgehead atoms. The van der Waals surface area contributed by atoms with E-state index in [0.717, 1.165) is 4.90 Å². The van der Waals surface area contributed by atoms with Crippen LogP contribution in [-0.2, 0) is 6.54 Å². The van der Waals surface area contributed by atoms with Gasteiger partial charge in [0.1, 0.15) is 11.5 Å². The summed E-state index contributed by atoms with van der Waals surface area (Å²) in [7, 11) is 0. The van der Waals surface area contributed by atoms with Crippen LogP contribution in [0.4, 0.5) is 5.82 Å². The van der Waals surface area contributed by atoms with E-state index in [1.807, 2.05) is 0 Å². The summed E-state index contributed by atoms with van der Waals surface area (Å²) in [6, 6.07) is 3.21. The molecule has 0 atom stereocenters. The maximum atomic E-state index is 12.0. The third-order valence-corrected chi connectivity index (χ3v) is 2.81. The highest BCUT2D eigenvalue weighted by molar-refractivity contribution is 6.20. The second-order valence-corrected chi connectivity index (χ2v) is 3.90. The number of rotatable bonds is 2. The zero-order chi connectivity index (χ0) is 12.7. The predicted octanol–water partition coefficient (Wildman–Crippen LogP) is 0.183. The van der Waals surface area contributed by atoms with Gasteiger partial charge in [-0.3, -0.25) is 24.6 Å². The molecule has 0 fully saturated rings. The Morgan fingerprint density at radius 1 is 1.33 bits per heavy atom. The first-order chi connectivity index (χ1) is 8.68. The molecule has 7 nitrogen and oxygen atoms in total. The number of amides is 2. The van der Waals surface area contributed by atoms with Gasteiger partial charge in [0, 0.05) is 11.8 Å². The second kappa shape index (κ2) is 3.66. The highest BCUT2D eigenvalue weighted by Gasteiger charge is 2.36. The van der Waals surface area contributed by atoms with Crippen molar-refractivity contribution in [2.45, 2.75) is 6.54 Å². The molecule has 0 saturated carbocycles. The molecule has 2 amide bonds. The Morgan fingerprint density at radius 3 is 2.83 bits per heavy atom. The van der Waals surface area contributed by atoms with Gasteiger partial charge in [-0.25, -0.2) is 0 Å². The minimum Gasteiger partial charge on any atom is -0.384 e. The number of nitrogens with one attached hydrogen (secondary N) is 1. The fraction of sp³-hybridized carbons (Fsp3) is 0.0909. The highest BCUT2D eigenvalue weighted by atomic mass is 16.2. The summed E-state index contributed by atoms with van der Waals surface area (Å²) in [4.78, 5) is 29.1. The molecule has 0 saturated heterocycles. The molecular weight excluding hydrogens is 234 g/mol. The van der Waals surface area contributed by atoms with Gasteiger partial charge in [-0.2, -0.15) is 5.10 Å². The number of carbonyl (C=O) groups is 2. The molecule has 0 unspecified atom stereocenters. The zero-order valence-corrected chi connectivity index (χ0v) is 9.25. The van der Waals surface area contributed by atoms with Crippen molar-refractivity contribution in [3.63, 3.8) is 0 Å². The molecule has 2 aromatic rings. The SMILES string of the molecule is Nc1[nH]ncc1CN1C(=O)c2cccnc2C1=O. The maximum absolute atomic E-state index is 12.0. The molecule has 3 N–H and O–H groups in total. The number of nitrogens with zero attached hydrogens (tertiary/aromatic N) is 3. The third-order valence-electron chi connectivity index (χ3n) is 2.81. The van der Waals surface area contributed by atoms with E-state index in [4.69, 9.17) is 5.73 Å². The van der Waals surface area contributed by atoms with Crippen LogP contribution in [0.25, 0.3) is 0 Å². The average molecular weight is 243 g/mol. The van der Waals surface area contributed by atoms with Crippen LogP contribution in [0.5, 0.6) is 0 Å². The van der Waals surface area contributed by atoms with Gasteiger partial charge in [0.25, 0.3) is 11.8 Å². The van der Waals surface area contributed by atoms with Crippen molar-refractivity contribution >= 4 is 17.6 Å². The van der Waals surface area contributed by atoms with Crippen LogP contribution >= 0.6 is 0 Å². The van der Waals surface area contributed by atoms with Crippen LogP contribution in [0.2, 0.25) is 0 Å². The number of pyridine rings is 1. The minimum atomic E-state index is -0.406. The van der Waals surface area contributed by atoms with E-state index in [1.54, 1.807) is 12.1 Å². The number of hydrogen-bond acceptors (Lipinski definition) is 5. The third kappa shape index (κ3) is 1.37. The monoisotopic (exact) mass is 243 g/mol. The lowest BCUT2D eigenvalue weighted by molar-refractivity contribution is 0.0641. The fourth-order valence-electron chi connectivity index (χ4n) is 1.87. The maximum Gasteiger partial charge on any atom is 0.280 e. The Morgan fingerprint density at radius 2 is 2.17 bits per heavy atom. The Kier molecular flexibility index (Phi) is 2.12. The Balaban J connectivity index is 1.95. The summed E-state index contributed by atoms with van der Waals surface area (Å²) in [5.74, 6) is -0.417. The lowest BCUT2D eigenvalue weighted by Gasteiger charge is -2.12. The summed E-state index contributed by atoms with van der Waals surface area (Å²) in [5.41, 5.74) is 6.74. The first-order valence-electron chi connectivity index (χ1n) is 5.27. The van der Waals surface area contributed by atoms with Crippen LogP contribution in [0, 0.1) is 0 Å². The summed E-state index contributed by atoms with van der Waals surface area (Å²) in [6.07, 6.45) is 2.98. The standard InChI is InChI=1S/C11H9N5O2/c12-9-6(4-14-15-9)5-16-10(17)7-2-1-3-13-8(7)11(16)18/h1-4H,5H2,(H3,12,14,15). The summed E-state index contributed by atoms with van der Waals surface area (Å²) < 4.78 is 0. The van der Waals surface area contributed by atoms with E-state index >= 15 is 0 Å². The Bertz CT molecular complexity index is 613. The summed E-state index contributed by atoms with van der Waals surface area (Å²) >= 11 is 0. The number of carbonyl (C=O) groups excluding carboxylic acids is 2. The topological polar surface area (TPSA) is 105 Å². The molecule has 0 spiro atoms. The molecule has 1 aliphatic rings. The van der Waals surface area contributed by atoms with Crippen molar-refractivity contribution < 1.29 is 9.59 Å². The van der Waals surface area contributed by atoms with Gasteiger partial charge in [0.05, 0.1) is 18.3 Å². The summed E-state index contributed by atoms with van der Waals surface area (Å²) in [5, 5.41) is 6.30. The van der Waals surface area contributed by atoms with Gasteiger partial charge >= 0.3 is 0 Å². The first-order valence-corrected chi connectivity index (χ1v) is 5.27. The molecule has 18 heavy (non-hydrogen) atoms. The molecule has 0 aliphatic carbocycles. The number of nitrogen functional groups attached to an aromatic ring is 1. The lowest BCUT2D eigenvalue weighted by Crippen LogP contribution is -2.29. The Hall–Kier alpha value is -2.70. The zero-order valence-electron chi connectivity index (χ0n) is 9.25. The van der Waals surface area contributed by atoms with E-state index in [9.17, 15) is 9.59 Å². The van der Waals surface area contributed by atoms with Crippen molar-refractivity contribution in [1.82, 2.24) is 20.1 Å². The molecule has 0 aromatic carbocycles. The first kappa shape index (κ1) is 10.5. The number of aromatic amines is 1. The van der Waals surface area contributed by atoms with Crippen molar-refractivity contribution in [1.29, 1.82) is 0 Å². The number of nitrogens with two attached hydrogens (primary N) is 1. The molecule has 90 valence electrons. The quantitative estimate of drug-likeness (QED) is 0.732. The van der Waals surface area contributed by atoms with Gasteiger partial charge < -0.3 is 5.73 Å². The van der Waals surface area contributed by atoms with Gasteiger partial charge in [-0.05, 0) is 12.1 Å². The van der Waals surface area contributed by atoms with Crippen LogP contribution in [0.3, 0.4) is 0 Å². The van der Waals surface area contributed by atoms with E-state index in [-0.39, 0.29) is 18.1 Å². The van der Waals surface area contributed by atoms with E-state index in [2.05, 4.69) is 15.2 Å². The number of anilines is 1. The van der Waals surface area contributed by atoms with E-state index < -0.39 is 5.91 Å². The highest BCUT2D eigenvalue weighted by Crippen LogP contribution is 2.23. The fourth-order valence-corrected chi connectivity index (χ4v) is 1.87. The predicted molar refractivity (Wildman–Crippen MR) is 61.4 cm³/mol.